The molecular weight excluding hydrogens is 204 g/mol. The lowest BCUT2D eigenvalue weighted by atomic mass is 10.1. The molecule has 0 radical (unpaired) electrons. The molecule has 0 bridgehead atoms. The molecule has 0 aliphatic rings. The van der Waals surface area contributed by atoms with Gasteiger partial charge in [0, 0.05) is 17.7 Å². The SMILES string of the molecule is COc1cccc(NC(=O)C(C)CCN)c1. The fourth-order valence-electron chi connectivity index (χ4n) is 1.35. The molecule has 0 aromatic heterocycles. The summed E-state index contributed by atoms with van der Waals surface area (Å²) in [6.45, 7) is 2.38. The maximum Gasteiger partial charge on any atom is 0.227 e. The maximum absolute atomic E-state index is 11.7. The van der Waals surface area contributed by atoms with Gasteiger partial charge in [-0.05, 0) is 25.1 Å². The zero-order valence-corrected chi connectivity index (χ0v) is 9.69. The van der Waals surface area contributed by atoms with E-state index in [-0.39, 0.29) is 11.8 Å². The molecule has 0 aliphatic carbocycles. The molecule has 0 fully saturated rings. The van der Waals surface area contributed by atoms with Gasteiger partial charge in [-0.3, -0.25) is 4.79 Å². The molecule has 1 atom stereocenters. The number of carbonyl (C=O) groups is 1. The molecule has 88 valence electrons. The van der Waals surface area contributed by atoms with Crippen LogP contribution in [0.5, 0.6) is 5.75 Å². The molecule has 0 saturated heterocycles. The van der Waals surface area contributed by atoms with Crippen LogP contribution in [0.4, 0.5) is 5.69 Å². The number of rotatable bonds is 5. The van der Waals surface area contributed by atoms with Crippen LogP contribution >= 0.6 is 0 Å². The summed E-state index contributed by atoms with van der Waals surface area (Å²) in [4.78, 5) is 11.7. The molecule has 1 unspecified atom stereocenters. The highest BCUT2D eigenvalue weighted by Crippen LogP contribution is 2.17. The second-order valence-corrected chi connectivity index (χ2v) is 3.70. The number of amides is 1. The molecule has 0 spiro atoms. The van der Waals surface area contributed by atoms with Crippen LogP contribution in [0.15, 0.2) is 24.3 Å². The van der Waals surface area contributed by atoms with Crippen molar-refractivity contribution in [2.24, 2.45) is 11.7 Å². The third-order valence-electron chi connectivity index (χ3n) is 2.38. The number of anilines is 1. The predicted octanol–water partition coefficient (Wildman–Crippen LogP) is 1.62. The fraction of sp³-hybridized carbons (Fsp3) is 0.417. The molecule has 16 heavy (non-hydrogen) atoms. The maximum atomic E-state index is 11.7. The molecule has 1 aromatic rings. The molecule has 1 amide bonds. The van der Waals surface area contributed by atoms with E-state index in [9.17, 15) is 4.79 Å². The van der Waals surface area contributed by atoms with Crippen LogP contribution in [0.3, 0.4) is 0 Å². The molecule has 0 aliphatic heterocycles. The van der Waals surface area contributed by atoms with Crippen LogP contribution in [-0.2, 0) is 4.79 Å². The largest absolute Gasteiger partial charge is 0.497 e. The van der Waals surface area contributed by atoms with Gasteiger partial charge < -0.3 is 15.8 Å². The minimum absolute atomic E-state index is 0.0151. The summed E-state index contributed by atoms with van der Waals surface area (Å²) in [5.74, 6) is 0.638. The standard InChI is InChI=1S/C12H18N2O2/c1-9(6-7-13)12(15)14-10-4-3-5-11(8-10)16-2/h3-5,8-9H,6-7,13H2,1-2H3,(H,14,15). The second kappa shape index (κ2) is 6.12. The summed E-state index contributed by atoms with van der Waals surface area (Å²) in [5.41, 5.74) is 6.15. The Hall–Kier alpha value is -1.55. The number of methoxy groups -OCH3 is 1. The summed E-state index contributed by atoms with van der Waals surface area (Å²) in [6, 6.07) is 7.28. The minimum atomic E-state index is -0.0730. The van der Waals surface area contributed by atoms with Crippen LogP contribution in [-0.4, -0.2) is 19.6 Å². The van der Waals surface area contributed by atoms with Crippen LogP contribution in [0.1, 0.15) is 13.3 Å². The summed E-state index contributed by atoms with van der Waals surface area (Å²) < 4.78 is 5.07. The lowest BCUT2D eigenvalue weighted by molar-refractivity contribution is -0.119. The quantitative estimate of drug-likeness (QED) is 0.795. The van der Waals surface area contributed by atoms with Gasteiger partial charge >= 0.3 is 0 Å². The van der Waals surface area contributed by atoms with E-state index >= 15 is 0 Å². The zero-order chi connectivity index (χ0) is 12.0. The summed E-state index contributed by atoms with van der Waals surface area (Å²) in [5, 5.41) is 2.83. The van der Waals surface area contributed by atoms with Crippen LogP contribution in [0, 0.1) is 5.92 Å². The van der Waals surface area contributed by atoms with Gasteiger partial charge in [0.25, 0.3) is 0 Å². The van der Waals surface area contributed by atoms with Gasteiger partial charge in [0.15, 0.2) is 0 Å². The number of carbonyl (C=O) groups excluding carboxylic acids is 1. The highest BCUT2D eigenvalue weighted by atomic mass is 16.5. The Bertz CT molecular complexity index is 353. The smallest absolute Gasteiger partial charge is 0.227 e. The van der Waals surface area contributed by atoms with Gasteiger partial charge in [0.1, 0.15) is 5.75 Å². The van der Waals surface area contributed by atoms with Crippen molar-refractivity contribution in [1.29, 1.82) is 0 Å². The van der Waals surface area contributed by atoms with Crippen molar-refractivity contribution in [2.75, 3.05) is 19.0 Å². The Morgan fingerprint density at radius 1 is 1.56 bits per heavy atom. The van der Waals surface area contributed by atoms with Gasteiger partial charge in [-0.25, -0.2) is 0 Å². The van der Waals surface area contributed by atoms with E-state index in [1.54, 1.807) is 13.2 Å². The average molecular weight is 222 g/mol. The van der Waals surface area contributed by atoms with Gasteiger partial charge in [-0.2, -0.15) is 0 Å². The van der Waals surface area contributed by atoms with Crippen molar-refractivity contribution in [3.8, 4) is 5.75 Å². The fourth-order valence-corrected chi connectivity index (χ4v) is 1.35. The van der Waals surface area contributed by atoms with Crippen molar-refractivity contribution in [2.45, 2.75) is 13.3 Å². The second-order valence-electron chi connectivity index (χ2n) is 3.70. The lowest BCUT2D eigenvalue weighted by Gasteiger charge is -2.11. The molecule has 1 rings (SSSR count). The Morgan fingerprint density at radius 2 is 2.31 bits per heavy atom. The first-order chi connectivity index (χ1) is 7.67. The Labute approximate surface area is 95.8 Å². The van der Waals surface area contributed by atoms with Gasteiger partial charge in [-0.1, -0.05) is 13.0 Å². The molecule has 3 N–H and O–H groups in total. The minimum Gasteiger partial charge on any atom is -0.497 e. The molecule has 0 heterocycles. The van der Waals surface area contributed by atoms with Gasteiger partial charge in [-0.15, -0.1) is 0 Å². The molecular formula is C12H18N2O2. The van der Waals surface area contributed by atoms with Crippen molar-refractivity contribution >= 4 is 11.6 Å². The van der Waals surface area contributed by atoms with E-state index < -0.39 is 0 Å². The molecule has 0 saturated carbocycles. The summed E-state index contributed by atoms with van der Waals surface area (Å²) in [7, 11) is 1.60. The van der Waals surface area contributed by atoms with Crippen molar-refractivity contribution in [1.82, 2.24) is 0 Å². The Kier molecular flexibility index (Phi) is 4.79. The van der Waals surface area contributed by atoms with E-state index in [2.05, 4.69) is 5.32 Å². The van der Waals surface area contributed by atoms with Gasteiger partial charge in [0.2, 0.25) is 5.91 Å². The highest BCUT2D eigenvalue weighted by molar-refractivity contribution is 5.92. The van der Waals surface area contributed by atoms with E-state index in [1.807, 2.05) is 25.1 Å². The number of nitrogens with two attached hydrogens (primary N) is 1. The molecule has 1 aromatic carbocycles. The summed E-state index contributed by atoms with van der Waals surface area (Å²) in [6.07, 6.45) is 0.690. The van der Waals surface area contributed by atoms with Crippen LogP contribution in [0.25, 0.3) is 0 Å². The number of benzene rings is 1. The highest BCUT2D eigenvalue weighted by Gasteiger charge is 2.11. The van der Waals surface area contributed by atoms with Gasteiger partial charge in [0.05, 0.1) is 7.11 Å². The van der Waals surface area contributed by atoms with E-state index in [0.717, 1.165) is 11.4 Å². The van der Waals surface area contributed by atoms with E-state index in [4.69, 9.17) is 10.5 Å². The Morgan fingerprint density at radius 3 is 2.94 bits per heavy atom. The van der Waals surface area contributed by atoms with Crippen molar-refractivity contribution in [3.63, 3.8) is 0 Å². The van der Waals surface area contributed by atoms with E-state index in [1.165, 1.54) is 0 Å². The topological polar surface area (TPSA) is 64.3 Å². The van der Waals surface area contributed by atoms with Crippen molar-refractivity contribution < 1.29 is 9.53 Å². The molecule has 4 heteroatoms. The number of hydrogen-bond donors (Lipinski definition) is 2. The Balaban J connectivity index is 2.61. The molecule has 4 nitrogen and oxygen atoms in total. The number of ether oxygens (including phenoxy) is 1. The first kappa shape index (κ1) is 12.5. The average Bonchev–Trinajstić information content (AvgIpc) is 2.29. The van der Waals surface area contributed by atoms with Crippen molar-refractivity contribution in [3.05, 3.63) is 24.3 Å². The first-order valence-corrected chi connectivity index (χ1v) is 5.32. The normalized spacial score (nSPS) is 11.9. The number of hydrogen-bond acceptors (Lipinski definition) is 3. The zero-order valence-electron chi connectivity index (χ0n) is 9.69. The third-order valence-corrected chi connectivity index (χ3v) is 2.38. The number of nitrogens with one attached hydrogen (secondary N) is 1. The monoisotopic (exact) mass is 222 g/mol. The first-order valence-electron chi connectivity index (χ1n) is 5.32. The summed E-state index contributed by atoms with van der Waals surface area (Å²) >= 11 is 0. The van der Waals surface area contributed by atoms with Crippen LogP contribution in [0.2, 0.25) is 0 Å². The van der Waals surface area contributed by atoms with Crippen LogP contribution < -0.4 is 15.8 Å². The lowest BCUT2D eigenvalue weighted by Crippen LogP contribution is -2.22. The predicted molar refractivity (Wildman–Crippen MR) is 64.5 cm³/mol. The van der Waals surface area contributed by atoms with E-state index in [0.29, 0.717) is 13.0 Å². The third kappa shape index (κ3) is 3.55.